The molecule has 2 saturated carbocycles. The highest BCUT2D eigenvalue weighted by molar-refractivity contribution is 5.65. The number of anilines is 2. The highest BCUT2D eigenvalue weighted by Gasteiger charge is 2.38. The number of nitrogens with zero attached hydrogens (tertiary/aromatic N) is 4. The standard InChI is InChI=1S/C24H41N5O2/c1-16(2)20-11-6-17(3)14-21(20)29(24(30)31)15-18-7-9-19(10-8-18)26-23-25-13-12-22(27-23)28(4)5/h12-13,16-21H,6-11,14-15H2,1-5H3,(H,30,31)(H,25,26,27)/t17-,18?,19?,20+,21?/m1/s1. The third-order valence-corrected chi connectivity index (χ3v) is 7.37. The highest BCUT2D eigenvalue weighted by Crippen LogP contribution is 2.38. The fourth-order valence-electron chi connectivity index (χ4n) is 5.48. The highest BCUT2D eigenvalue weighted by atomic mass is 16.4. The maximum Gasteiger partial charge on any atom is 0.407 e. The molecule has 0 saturated heterocycles. The number of amides is 1. The van der Waals surface area contributed by atoms with Crippen molar-refractivity contribution in [2.24, 2.45) is 23.7 Å². The summed E-state index contributed by atoms with van der Waals surface area (Å²) in [6.07, 6.45) is 8.58. The molecule has 7 heteroatoms. The molecule has 2 aliphatic rings. The lowest BCUT2D eigenvalue weighted by molar-refractivity contribution is 0.0440. The van der Waals surface area contributed by atoms with Crippen molar-refractivity contribution in [3.63, 3.8) is 0 Å². The van der Waals surface area contributed by atoms with E-state index in [2.05, 4.69) is 36.1 Å². The van der Waals surface area contributed by atoms with Gasteiger partial charge >= 0.3 is 6.09 Å². The van der Waals surface area contributed by atoms with Crippen molar-refractivity contribution < 1.29 is 9.90 Å². The molecule has 3 atom stereocenters. The van der Waals surface area contributed by atoms with Crippen molar-refractivity contribution in [1.29, 1.82) is 0 Å². The van der Waals surface area contributed by atoms with E-state index in [1.165, 1.54) is 6.42 Å². The van der Waals surface area contributed by atoms with Gasteiger partial charge in [-0.2, -0.15) is 4.98 Å². The Morgan fingerprint density at radius 1 is 1.19 bits per heavy atom. The molecule has 1 amide bonds. The molecular formula is C24H41N5O2. The third kappa shape index (κ3) is 6.23. The lowest BCUT2D eigenvalue weighted by atomic mass is 9.73. The van der Waals surface area contributed by atoms with E-state index in [-0.39, 0.29) is 6.04 Å². The van der Waals surface area contributed by atoms with Crippen LogP contribution in [0, 0.1) is 23.7 Å². The van der Waals surface area contributed by atoms with Crippen molar-refractivity contribution in [2.75, 3.05) is 30.9 Å². The first-order chi connectivity index (χ1) is 14.7. The average Bonchev–Trinajstić information content (AvgIpc) is 2.72. The molecule has 0 radical (unpaired) electrons. The Bertz CT molecular complexity index is 718. The van der Waals surface area contributed by atoms with Gasteiger partial charge in [-0.1, -0.05) is 27.2 Å². The Morgan fingerprint density at radius 2 is 1.90 bits per heavy atom. The van der Waals surface area contributed by atoms with E-state index in [9.17, 15) is 9.90 Å². The average molecular weight is 432 g/mol. The van der Waals surface area contributed by atoms with Gasteiger partial charge < -0.3 is 20.2 Å². The Hall–Kier alpha value is -2.05. The van der Waals surface area contributed by atoms with Crippen molar-refractivity contribution in [3.05, 3.63) is 12.3 Å². The fourth-order valence-corrected chi connectivity index (χ4v) is 5.48. The number of nitrogens with one attached hydrogen (secondary N) is 1. The van der Waals surface area contributed by atoms with E-state index < -0.39 is 6.09 Å². The summed E-state index contributed by atoms with van der Waals surface area (Å²) in [5, 5.41) is 13.5. The lowest BCUT2D eigenvalue weighted by Crippen LogP contribution is -2.50. The number of aromatic nitrogens is 2. The van der Waals surface area contributed by atoms with E-state index in [1.807, 2.05) is 30.0 Å². The minimum absolute atomic E-state index is 0.166. The molecule has 2 aliphatic carbocycles. The van der Waals surface area contributed by atoms with Crippen LogP contribution in [0.15, 0.2) is 12.3 Å². The Balaban J connectivity index is 1.57. The predicted molar refractivity (Wildman–Crippen MR) is 126 cm³/mol. The van der Waals surface area contributed by atoms with Crippen LogP contribution in [0.4, 0.5) is 16.6 Å². The number of hydrogen-bond donors (Lipinski definition) is 2. The number of carbonyl (C=O) groups is 1. The smallest absolute Gasteiger partial charge is 0.407 e. The van der Waals surface area contributed by atoms with Gasteiger partial charge in [-0.25, -0.2) is 9.78 Å². The van der Waals surface area contributed by atoms with Crippen molar-refractivity contribution in [2.45, 2.75) is 77.8 Å². The molecule has 1 aromatic heterocycles. The number of carboxylic acid groups (broad SMARTS) is 1. The fraction of sp³-hybridized carbons (Fsp3) is 0.792. The summed E-state index contributed by atoms with van der Waals surface area (Å²) in [7, 11) is 3.95. The summed E-state index contributed by atoms with van der Waals surface area (Å²) in [6, 6.07) is 2.42. The van der Waals surface area contributed by atoms with Crippen molar-refractivity contribution >= 4 is 17.9 Å². The van der Waals surface area contributed by atoms with Crippen LogP contribution >= 0.6 is 0 Å². The maximum absolute atomic E-state index is 12.2. The van der Waals surface area contributed by atoms with Crippen LogP contribution in [0.25, 0.3) is 0 Å². The number of rotatable bonds is 7. The SMILES string of the molecule is CC(C)[C@@H]1CC[C@@H](C)CC1N(CC1CCC(Nc2nccc(N(C)C)n2)CC1)C(=O)O. The van der Waals surface area contributed by atoms with Crippen LogP contribution in [0.5, 0.6) is 0 Å². The molecule has 0 spiro atoms. The van der Waals surface area contributed by atoms with Gasteiger partial charge in [0.1, 0.15) is 5.82 Å². The molecule has 7 nitrogen and oxygen atoms in total. The number of hydrogen-bond acceptors (Lipinski definition) is 5. The van der Waals surface area contributed by atoms with Gasteiger partial charge in [0.2, 0.25) is 5.95 Å². The van der Waals surface area contributed by atoms with Gasteiger partial charge in [-0.05, 0) is 68.3 Å². The van der Waals surface area contributed by atoms with E-state index in [0.29, 0.717) is 42.2 Å². The second-order valence-electron chi connectivity index (χ2n) is 10.3. The first-order valence-corrected chi connectivity index (χ1v) is 12.0. The van der Waals surface area contributed by atoms with Gasteiger partial charge in [-0.15, -0.1) is 0 Å². The molecule has 0 bridgehead atoms. The van der Waals surface area contributed by atoms with Crippen LogP contribution in [0.3, 0.4) is 0 Å². The normalized spacial score (nSPS) is 28.9. The Kier molecular flexibility index (Phi) is 8.00. The van der Waals surface area contributed by atoms with Crippen molar-refractivity contribution in [3.8, 4) is 0 Å². The van der Waals surface area contributed by atoms with Crippen LogP contribution in [0.1, 0.15) is 65.7 Å². The first kappa shape index (κ1) is 23.6. The molecular weight excluding hydrogens is 390 g/mol. The predicted octanol–water partition coefficient (Wildman–Crippen LogP) is 4.95. The van der Waals surface area contributed by atoms with Gasteiger partial charge in [-0.3, -0.25) is 0 Å². The zero-order valence-electron chi connectivity index (χ0n) is 19.9. The molecule has 1 unspecified atom stereocenters. The van der Waals surface area contributed by atoms with Gasteiger partial charge in [0.15, 0.2) is 0 Å². The molecule has 0 aliphatic heterocycles. The van der Waals surface area contributed by atoms with E-state index in [1.54, 1.807) is 6.20 Å². The van der Waals surface area contributed by atoms with Crippen LogP contribution in [0.2, 0.25) is 0 Å². The van der Waals surface area contributed by atoms with E-state index in [4.69, 9.17) is 0 Å². The van der Waals surface area contributed by atoms with Crippen molar-refractivity contribution in [1.82, 2.24) is 14.9 Å². The summed E-state index contributed by atoms with van der Waals surface area (Å²) >= 11 is 0. The quantitative estimate of drug-likeness (QED) is 0.635. The van der Waals surface area contributed by atoms with Crippen LogP contribution in [-0.2, 0) is 0 Å². The van der Waals surface area contributed by atoms with Gasteiger partial charge in [0.05, 0.1) is 0 Å². The first-order valence-electron chi connectivity index (χ1n) is 12.0. The minimum atomic E-state index is -0.737. The second-order valence-corrected chi connectivity index (χ2v) is 10.3. The Morgan fingerprint density at radius 3 is 2.52 bits per heavy atom. The molecule has 1 aromatic rings. The molecule has 3 rings (SSSR count). The zero-order valence-corrected chi connectivity index (χ0v) is 19.9. The Labute approximate surface area is 187 Å². The third-order valence-electron chi connectivity index (χ3n) is 7.37. The minimum Gasteiger partial charge on any atom is -0.465 e. The van der Waals surface area contributed by atoms with E-state index in [0.717, 1.165) is 44.3 Å². The lowest BCUT2D eigenvalue weighted by Gasteiger charge is -2.44. The van der Waals surface area contributed by atoms with Gasteiger partial charge in [0, 0.05) is 38.9 Å². The molecule has 1 heterocycles. The van der Waals surface area contributed by atoms with Gasteiger partial charge in [0.25, 0.3) is 0 Å². The summed E-state index contributed by atoms with van der Waals surface area (Å²) < 4.78 is 0. The molecule has 2 fully saturated rings. The zero-order chi connectivity index (χ0) is 22.5. The molecule has 0 aromatic carbocycles. The largest absolute Gasteiger partial charge is 0.465 e. The van der Waals surface area contributed by atoms with Crippen LogP contribution in [-0.4, -0.2) is 58.8 Å². The summed E-state index contributed by atoms with van der Waals surface area (Å²) in [5.41, 5.74) is 0. The molecule has 31 heavy (non-hydrogen) atoms. The van der Waals surface area contributed by atoms with Crippen LogP contribution < -0.4 is 10.2 Å². The monoisotopic (exact) mass is 431 g/mol. The topological polar surface area (TPSA) is 81.6 Å². The summed E-state index contributed by atoms with van der Waals surface area (Å²) in [4.78, 5) is 24.9. The summed E-state index contributed by atoms with van der Waals surface area (Å²) in [6.45, 7) is 7.44. The second kappa shape index (κ2) is 10.5. The molecule has 2 N–H and O–H groups in total. The molecule has 174 valence electrons. The summed E-state index contributed by atoms with van der Waals surface area (Å²) in [5.74, 6) is 3.62. The van der Waals surface area contributed by atoms with E-state index >= 15 is 0 Å². The maximum atomic E-state index is 12.2.